The van der Waals surface area contributed by atoms with Crippen LogP contribution in [0.1, 0.15) is 57.7 Å². The quantitative estimate of drug-likeness (QED) is 0.397. The first-order valence-electron chi connectivity index (χ1n) is 10.7. The molecule has 0 unspecified atom stereocenters. The van der Waals surface area contributed by atoms with E-state index in [1.54, 1.807) is 31.2 Å². The van der Waals surface area contributed by atoms with Crippen LogP contribution in [0.3, 0.4) is 0 Å². The summed E-state index contributed by atoms with van der Waals surface area (Å²) in [5.74, 6) is -1.30. The molecular formula is C26H21F4NO3. The molecule has 0 fully saturated rings. The first kappa shape index (κ1) is 23.5. The van der Waals surface area contributed by atoms with Crippen molar-refractivity contribution in [1.29, 1.82) is 0 Å². The van der Waals surface area contributed by atoms with Gasteiger partial charge in [-0.15, -0.1) is 0 Å². The minimum Gasteiger partial charge on any atom is -0.488 e. The van der Waals surface area contributed by atoms with Gasteiger partial charge < -0.3 is 9.84 Å². The predicted molar refractivity (Wildman–Crippen MR) is 119 cm³/mol. The van der Waals surface area contributed by atoms with Crippen LogP contribution in [0.25, 0.3) is 11.1 Å². The topological polar surface area (TPSA) is 59.4 Å². The van der Waals surface area contributed by atoms with Crippen LogP contribution < -0.4 is 4.74 Å². The maximum absolute atomic E-state index is 13.5. The highest BCUT2D eigenvalue weighted by Gasteiger charge is 2.32. The number of aryl methyl sites for hydroxylation is 1. The van der Waals surface area contributed by atoms with Gasteiger partial charge in [-0.1, -0.05) is 18.2 Å². The van der Waals surface area contributed by atoms with Crippen LogP contribution in [0.2, 0.25) is 0 Å². The van der Waals surface area contributed by atoms with Crippen molar-refractivity contribution in [1.82, 2.24) is 4.98 Å². The fraction of sp³-hybridized carbons (Fsp3) is 0.231. The lowest BCUT2D eigenvalue weighted by Gasteiger charge is -2.17. The van der Waals surface area contributed by atoms with Crippen molar-refractivity contribution in [2.45, 2.75) is 39.0 Å². The van der Waals surface area contributed by atoms with Gasteiger partial charge in [0.25, 0.3) is 0 Å². The van der Waals surface area contributed by atoms with Gasteiger partial charge in [-0.05, 0) is 84.9 Å². The van der Waals surface area contributed by atoms with E-state index in [0.717, 1.165) is 12.1 Å². The molecule has 1 aliphatic rings. The maximum Gasteiger partial charge on any atom is 0.416 e. The lowest BCUT2D eigenvalue weighted by molar-refractivity contribution is -0.137. The smallest absolute Gasteiger partial charge is 0.416 e. The molecule has 3 aromatic rings. The highest BCUT2D eigenvalue weighted by molar-refractivity contribution is 5.95. The summed E-state index contributed by atoms with van der Waals surface area (Å²) in [4.78, 5) is 15.8. The van der Waals surface area contributed by atoms with Gasteiger partial charge in [0.15, 0.2) is 5.69 Å². The second-order valence-corrected chi connectivity index (χ2v) is 8.10. The summed E-state index contributed by atoms with van der Waals surface area (Å²) < 4.78 is 59.6. The number of pyridine rings is 1. The molecule has 0 bridgehead atoms. The summed E-state index contributed by atoms with van der Waals surface area (Å²) in [5.41, 5.74) is 2.34. The number of ether oxygens (including phenoxy) is 1. The Morgan fingerprint density at radius 3 is 2.41 bits per heavy atom. The van der Waals surface area contributed by atoms with Crippen LogP contribution in [0.5, 0.6) is 5.75 Å². The number of rotatable bonds is 6. The van der Waals surface area contributed by atoms with Crippen LogP contribution >= 0.6 is 0 Å². The number of carboxylic acids is 1. The van der Waals surface area contributed by atoms with E-state index in [1.165, 1.54) is 18.2 Å². The first-order chi connectivity index (χ1) is 16.1. The standard InChI is InChI=1S/C26H21F4NO3/c1-15-5-11-22(31-24(15)25(32)33)20-4-2-3-19(20)21-13-17(26(28,29)30)8-12-23(21)34-14-16-6-9-18(27)10-7-16/h5-13H,2-4,14H2,1H3,(H,32,33). The van der Waals surface area contributed by atoms with Gasteiger partial charge in [-0.25, -0.2) is 14.2 Å². The lowest BCUT2D eigenvalue weighted by Crippen LogP contribution is -2.07. The molecule has 8 heteroatoms. The largest absolute Gasteiger partial charge is 0.488 e. The van der Waals surface area contributed by atoms with Crippen molar-refractivity contribution in [2.24, 2.45) is 0 Å². The Hall–Kier alpha value is -3.68. The fourth-order valence-electron chi connectivity index (χ4n) is 4.05. The van der Waals surface area contributed by atoms with Crippen LogP contribution in [-0.4, -0.2) is 16.1 Å². The van der Waals surface area contributed by atoms with Crippen molar-refractivity contribution in [3.05, 3.63) is 94.1 Å². The van der Waals surface area contributed by atoms with Gasteiger partial charge in [0.1, 0.15) is 18.2 Å². The Morgan fingerprint density at radius 1 is 1.03 bits per heavy atom. The van der Waals surface area contributed by atoms with Crippen molar-refractivity contribution in [2.75, 3.05) is 0 Å². The monoisotopic (exact) mass is 471 g/mol. The summed E-state index contributed by atoms with van der Waals surface area (Å²) in [7, 11) is 0. The van der Waals surface area contributed by atoms with Gasteiger partial charge in [0, 0.05) is 5.56 Å². The molecule has 0 radical (unpaired) electrons. The third-order valence-electron chi connectivity index (χ3n) is 5.77. The zero-order valence-corrected chi connectivity index (χ0v) is 18.2. The highest BCUT2D eigenvalue weighted by Crippen LogP contribution is 2.44. The van der Waals surface area contributed by atoms with Crippen LogP contribution in [0, 0.1) is 12.7 Å². The SMILES string of the molecule is Cc1ccc(C2=C(c3cc(C(F)(F)F)ccc3OCc3ccc(F)cc3)CCC2)nc1C(=O)O. The molecule has 0 aliphatic heterocycles. The van der Waals surface area contributed by atoms with Gasteiger partial charge in [-0.3, -0.25) is 0 Å². The molecule has 1 N–H and O–H groups in total. The van der Waals surface area contributed by atoms with Crippen LogP contribution in [-0.2, 0) is 12.8 Å². The van der Waals surface area contributed by atoms with E-state index in [1.807, 2.05) is 0 Å². The Labute approximate surface area is 193 Å². The van der Waals surface area contributed by atoms with Crippen LogP contribution in [0.15, 0.2) is 54.6 Å². The fourth-order valence-corrected chi connectivity index (χ4v) is 4.05. The second kappa shape index (κ2) is 9.29. The molecule has 0 amide bonds. The molecule has 0 saturated carbocycles. The molecule has 0 spiro atoms. The Balaban J connectivity index is 1.79. The number of aromatic carboxylic acids is 1. The number of nitrogens with zero attached hydrogens (tertiary/aromatic N) is 1. The molecule has 1 aromatic heterocycles. The van der Waals surface area contributed by atoms with Crippen molar-refractivity contribution in [3.8, 4) is 5.75 Å². The normalized spacial score (nSPS) is 13.9. The summed E-state index contributed by atoms with van der Waals surface area (Å²) in [5, 5.41) is 9.43. The minimum atomic E-state index is -4.54. The molecule has 0 atom stereocenters. The Morgan fingerprint density at radius 2 is 1.74 bits per heavy atom. The zero-order valence-electron chi connectivity index (χ0n) is 18.2. The first-order valence-corrected chi connectivity index (χ1v) is 10.7. The molecule has 34 heavy (non-hydrogen) atoms. The summed E-state index contributed by atoms with van der Waals surface area (Å²) in [6.45, 7) is 1.69. The van der Waals surface area contributed by atoms with Gasteiger partial charge in [0.05, 0.1) is 11.3 Å². The van der Waals surface area contributed by atoms with Gasteiger partial charge in [0.2, 0.25) is 0 Å². The third-order valence-corrected chi connectivity index (χ3v) is 5.77. The molecule has 1 heterocycles. The van der Waals surface area contributed by atoms with E-state index < -0.39 is 23.5 Å². The number of allylic oxidation sites excluding steroid dienone is 2. The second-order valence-electron chi connectivity index (χ2n) is 8.10. The van der Waals surface area contributed by atoms with E-state index in [2.05, 4.69) is 4.98 Å². The van der Waals surface area contributed by atoms with E-state index in [4.69, 9.17) is 4.74 Å². The molecule has 2 aromatic carbocycles. The average molecular weight is 471 g/mol. The number of alkyl halides is 3. The molecule has 4 rings (SSSR count). The molecule has 1 aliphatic carbocycles. The number of hydrogen-bond acceptors (Lipinski definition) is 3. The average Bonchev–Trinajstić information content (AvgIpc) is 3.28. The summed E-state index contributed by atoms with van der Waals surface area (Å²) >= 11 is 0. The van der Waals surface area contributed by atoms with Gasteiger partial charge in [-0.2, -0.15) is 13.2 Å². The Bertz CT molecular complexity index is 1260. The number of carboxylic acid groups (broad SMARTS) is 1. The number of hydrogen-bond donors (Lipinski definition) is 1. The predicted octanol–water partition coefficient (Wildman–Crippen LogP) is 6.92. The van der Waals surface area contributed by atoms with Crippen molar-refractivity contribution >= 4 is 17.1 Å². The van der Waals surface area contributed by atoms with Gasteiger partial charge >= 0.3 is 12.1 Å². The maximum atomic E-state index is 13.5. The zero-order chi connectivity index (χ0) is 24.5. The molecule has 0 saturated heterocycles. The minimum absolute atomic E-state index is 0.0488. The molecule has 176 valence electrons. The lowest BCUT2D eigenvalue weighted by atomic mass is 9.96. The van der Waals surface area contributed by atoms with E-state index in [9.17, 15) is 27.5 Å². The van der Waals surface area contributed by atoms with Crippen LogP contribution in [0.4, 0.5) is 17.6 Å². The number of benzene rings is 2. The number of carbonyl (C=O) groups is 1. The highest BCUT2D eigenvalue weighted by atomic mass is 19.4. The molecular weight excluding hydrogens is 450 g/mol. The Kier molecular flexibility index (Phi) is 6.41. The third kappa shape index (κ3) is 4.95. The van der Waals surface area contributed by atoms with E-state index in [0.29, 0.717) is 52.8 Å². The van der Waals surface area contributed by atoms with E-state index in [-0.39, 0.29) is 18.1 Å². The van der Waals surface area contributed by atoms with Crippen molar-refractivity contribution < 1.29 is 32.2 Å². The summed E-state index contributed by atoms with van der Waals surface area (Å²) in [6, 6.07) is 12.3. The van der Waals surface area contributed by atoms with Crippen molar-refractivity contribution in [3.63, 3.8) is 0 Å². The van der Waals surface area contributed by atoms with E-state index >= 15 is 0 Å². The molecule has 4 nitrogen and oxygen atoms in total. The number of halogens is 4. The number of aromatic nitrogens is 1. The summed E-state index contributed by atoms with van der Waals surface area (Å²) in [6.07, 6.45) is -2.79.